The fourth-order valence-corrected chi connectivity index (χ4v) is 2.05. The maximum absolute atomic E-state index is 10.3. The summed E-state index contributed by atoms with van der Waals surface area (Å²) in [6.07, 6.45) is 3.74. The van der Waals surface area contributed by atoms with E-state index in [4.69, 9.17) is 4.74 Å². The van der Waals surface area contributed by atoms with Gasteiger partial charge in [-0.05, 0) is 25.3 Å². The third-order valence-corrected chi connectivity index (χ3v) is 3.66. The molecule has 94 valence electrons. The van der Waals surface area contributed by atoms with E-state index in [1.165, 1.54) is 0 Å². The van der Waals surface area contributed by atoms with Crippen LogP contribution in [0.3, 0.4) is 0 Å². The molecule has 0 spiro atoms. The summed E-state index contributed by atoms with van der Waals surface area (Å²) in [5.74, 6) is 0. The number of aliphatic hydroxyl groups is 1. The normalized spacial score (nSPS) is 20.1. The highest BCUT2D eigenvalue weighted by atomic mass is 16.5. The zero-order valence-electron chi connectivity index (χ0n) is 10.8. The molecular weight excluding hydrogens is 202 g/mol. The molecule has 1 N–H and O–H groups in total. The number of ether oxygens (including phenoxy) is 1. The summed E-state index contributed by atoms with van der Waals surface area (Å²) in [5, 5.41) is 10.3. The maximum atomic E-state index is 10.3. The molecule has 0 aromatic rings. The summed E-state index contributed by atoms with van der Waals surface area (Å²) >= 11 is 0. The van der Waals surface area contributed by atoms with Crippen LogP contribution in [0.1, 0.15) is 33.6 Å². The summed E-state index contributed by atoms with van der Waals surface area (Å²) in [6, 6.07) is 0. The zero-order valence-corrected chi connectivity index (χ0v) is 10.8. The van der Waals surface area contributed by atoms with Crippen molar-refractivity contribution in [2.75, 3.05) is 32.8 Å². The third-order valence-electron chi connectivity index (χ3n) is 3.66. The van der Waals surface area contributed by atoms with Crippen LogP contribution < -0.4 is 0 Å². The first-order chi connectivity index (χ1) is 7.62. The fourth-order valence-electron chi connectivity index (χ4n) is 2.05. The van der Waals surface area contributed by atoms with E-state index in [1.807, 2.05) is 20.8 Å². The topological polar surface area (TPSA) is 32.7 Å². The minimum atomic E-state index is -0.605. The van der Waals surface area contributed by atoms with E-state index in [9.17, 15) is 5.11 Å². The Kier molecular flexibility index (Phi) is 5.46. The summed E-state index contributed by atoms with van der Waals surface area (Å²) in [5.41, 5.74) is 0.496. The Balaban J connectivity index is 2.48. The largest absolute Gasteiger partial charge is 0.386 e. The van der Waals surface area contributed by atoms with Gasteiger partial charge in [0.25, 0.3) is 0 Å². The van der Waals surface area contributed by atoms with Gasteiger partial charge in [-0.25, -0.2) is 0 Å². The molecule has 1 fully saturated rings. The van der Waals surface area contributed by atoms with Gasteiger partial charge in [0.2, 0.25) is 0 Å². The lowest BCUT2D eigenvalue weighted by atomic mass is 9.89. The van der Waals surface area contributed by atoms with Crippen LogP contribution in [0.25, 0.3) is 0 Å². The number of hydrogen-bond donors (Lipinski definition) is 1. The van der Waals surface area contributed by atoms with Crippen molar-refractivity contribution < 1.29 is 9.84 Å². The standard InChI is InChI=1S/C13H25NO2/c1-4-13(15,5-2)12(3)6-7-14-8-10-16-11-9-14/h6,15H,4-5,7-11H2,1-3H3/b12-6-. The Hall–Kier alpha value is -0.380. The van der Waals surface area contributed by atoms with E-state index in [2.05, 4.69) is 11.0 Å². The van der Waals surface area contributed by atoms with Gasteiger partial charge >= 0.3 is 0 Å². The predicted molar refractivity (Wildman–Crippen MR) is 66.5 cm³/mol. The van der Waals surface area contributed by atoms with Crippen LogP contribution in [0, 0.1) is 0 Å². The molecule has 1 aliphatic rings. The van der Waals surface area contributed by atoms with Crippen molar-refractivity contribution in [1.82, 2.24) is 4.90 Å². The molecule has 1 rings (SSSR count). The molecule has 3 nitrogen and oxygen atoms in total. The first-order valence-corrected chi connectivity index (χ1v) is 6.32. The van der Waals surface area contributed by atoms with Crippen LogP contribution in [-0.2, 0) is 4.74 Å². The quantitative estimate of drug-likeness (QED) is 0.727. The maximum Gasteiger partial charge on any atom is 0.0849 e. The Labute approximate surface area is 99.1 Å². The molecule has 3 heteroatoms. The van der Waals surface area contributed by atoms with Crippen molar-refractivity contribution >= 4 is 0 Å². The lowest BCUT2D eigenvalue weighted by Crippen LogP contribution is -2.37. The number of nitrogens with zero attached hydrogens (tertiary/aromatic N) is 1. The monoisotopic (exact) mass is 227 g/mol. The second-order valence-corrected chi connectivity index (χ2v) is 4.54. The van der Waals surface area contributed by atoms with Crippen LogP contribution in [0.2, 0.25) is 0 Å². The van der Waals surface area contributed by atoms with Gasteiger partial charge in [-0.3, -0.25) is 4.90 Å². The highest BCUT2D eigenvalue weighted by Crippen LogP contribution is 2.24. The van der Waals surface area contributed by atoms with Crippen molar-refractivity contribution in [3.63, 3.8) is 0 Å². The molecule has 0 aliphatic carbocycles. The summed E-state index contributed by atoms with van der Waals surface area (Å²) < 4.78 is 5.30. The van der Waals surface area contributed by atoms with E-state index >= 15 is 0 Å². The predicted octanol–water partition coefficient (Wildman–Crippen LogP) is 1.82. The second-order valence-electron chi connectivity index (χ2n) is 4.54. The van der Waals surface area contributed by atoms with Gasteiger partial charge < -0.3 is 9.84 Å². The second kappa shape index (κ2) is 6.38. The first-order valence-electron chi connectivity index (χ1n) is 6.32. The highest BCUT2D eigenvalue weighted by Gasteiger charge is 2.24. The minimum absolute atomic E-state index is 0.605. The summed E-state index contributed by atoms with van der Waals surface area (Å²) in [6.45, 7) is 10.7. The van der Waals surface area contributed by atoms with Gasteiger partial charge in [-0.1, -0.05) is 19.9 Å². The molecule has 16 heavy (non-hydrogen) atoms. The smallest absolute Gasteiger partial charge is 0.0849 e. The van der Waals surface area contributed by atoms with Crippen molar-refractivity contribution in [2.45, 2.75) is 39.2 Å². The lowest BCUT2D eigenvalue weighted by molar-refractivity contribution is 0.0421. The Morgan fingerprint density at radius 1 is 1.31 bits per heavy atom. The molecule has 1 aliphatic heterocycles. The average Bonchev–Trinajstić information content (AvgIpc) is 2.36. The van der Waals surface area contributed by atoms with Gasteiger partial charge in [0.1, 0.15) is 0 Å². The van der Waals surface area contributed by atoms with Gasteiger partial charge in [0.15, 0.2) is 0 Å². The first kappa shape index (κ1) is 13.7. The van der Waals surface area contributed by atoms with Gasteiger partial charge in [-0.2, -0.15) is 0 Å². The van der Waals surface area contributed by atoms with Crippen LogP contribution in [-0.4, -0.2) is 48.5 Å². The Morgan fingerprint density at radius 3 is 2.38 bits per heavy atom. The van der Waals surface area contributed by atoms with Gasteiger partial charge in [0.05, 0.1) is 18.8 Å². The van der Waals surface area contributed by atoms with Gasteiger partial charge in [-0.15, -0.1) is 0 Å². The third kappa shape index (κ3) is 3.58. The van der Waals surface area contributed by atoms with E-state index in [0.29, 0.717) is 0 Å². The lowest BCUT2D eigenvalue weighted by Gasteiger charge is -2.29. The van der Waals surface area contributed by atoms with E-state index in [-0.39, 0.29) is 0 Å². The van der Waals surface area contributed by atoms with Crippen molar-refractivity contribution in [3.05, 3.63) is 11.6 Å². The molecule has 0 amide bonds. The average molecular weight is 227 g/mol. The van der Waals surface area contributed by atoms with Crippen LogP contribution in [0.4, 0.5) is 0 Å². The van der Waals surface area contributed by atoms with Crippen LogP contribution in [0.15, 0.2) is 11.6 Å². The summed E-state index contributed by atoms with van der Waals surface area (Å²) in [4.78, 5) is 2.36. The minimum Gasteiger partial charge on any atom is -0.386 e. The van der Waals surface area contributed by atoms with Crippen molar-refractivity contribution in [2.24, 2.45) is 0 Å². The van der Waals surface area contributed by atoms with E-state index in [0.717, 1.165) is 51.3 Å². The fraction of sp³-hybridized carbons (Fsp3) is 0.846. The summed E-state index contributed by atoms with van der Waals surface area (Å²) in [7, 11) is 0. The van der Waals surface area contributed by atoms with E-state index < -0.39 is 5.60 Å². The van der Waals surface area contributed by atoms with Crippen LogP contribution >= 0.6 is 0 Å². The Bertz CT molecular complexity index is 228. The molecule has 1 saturated heterocycles. The van der Waals surface area contributed by atoms with Crippen LogP contribution in [0.5, 0.6) is 0 Å². The highest BCUT2D eigenvalue weighted by molar-refractivity contribution is 5.14. The molecule has 0 aromatic carbocycles. The molecule has 0 bridgehead atoms. The van der Waals surface area contributed by atoms with Crippen molar-refractivity contribution in [3.8, 4) is 0 Å². The van der Waals surface area contributed by atoms with E-state index in [1.54, 1.807) is 0 Å². The number of hydrogen-bond acceptors (Lipinski definition) is 3. The molecule has 0 atom stereocenters. The number of rotatable bonds is 5. The van der Waals surface area contributed by atoms with Crippen molar-refractivity contribution in [1.29, 1.82) is 0 Å². The molecule has 0 radical (unpaired) electrons. The van der Waals surface area contributed by atoms with Gasteiger partial charge in [0, 0.05) is 19.6 Å². The Morgan fingerprint density at radius 2 is 1.88 bits per heavy atom. The molecule has 0 unspecified atom stereocenters. The number of morpholine rings is 1. The molecule has 1 heterocycles. The zero-order chi connectivity index (χ0) is 12.0. The molecular formula is C13H25NO2. The SMILES string of the molecule is CCC(O)(CC)/C(C)=C\CN1CCOCC1. The molecule has 0 aromatic heterocycles. The molecule has 0 saturated carbocycles.